The summed E-state index contributed by atoms with van der Waals surface area (Å²) in [6.45, 7) is 4.16. The second-order valence-corrected chi connectivity index (χ2v) is 8.21. The normalized spacial score (nSPS) is 13.3. The molecule has 0 spiro atoms. The van der Waals surface area contributed by atoms with E-state index in [1.54, 1.807) is 0 Å². The maximum Gasteiger partial charge on any atom is 0.230 e. The van der Waals surface area contributed by atoms with Crippen LogP contribution >= 0.6 is 11.3 Å². The lowest BCUT2D eigenvalue weighted by Crippen LogP contribution is -2.23. The van der Waals surface area contributed by atoms with Crippen LogP contribution in [-0.4, -0.2) is 23.4 Å². The molecule has 0 fully saturated rings. The number of anilines is 1. The Balaban J connectivity index is 1.38. The average Bonchev–Trinajstić information content (AvgIpc) is 3.36. The molecule has 30 heavy (non-hydrogen) atoms. The predicted molar refractivity (Wildman–Crippen MR) is 118 cm³/mol. The second kappa shape index (κ2) is 8.67. The number of carbonyl (C=O) groups excluding carboxylic acids is 2. The molecule has 0 saturated carbocycles. The van der Waals surface area contributed by atoms with Crippen molar-refractivity contribution in [3.05, 3.63) is 64.5 Å². The van der Waals surface area contributed by atoms with Crippen molar-refractivity contribution in [3.8, 4) is 17.0 Å². The summed E-state index contributed by atoms with van der Waals surface area (Å²) in [4.78, 5) is 28.2. The van der Waals surface area contributed by atoms with Crippen LogP contribution in [-0.2, 0) is 22.4 Å². The van der Waals surface area contributed by atoms with Crippen molar-refractivity contribution < 1.29 is 14.3 Å². The lowest BCUT2D eigenvalue weighted by Gasteiger charge is -2.13. The van der Waals surface area contributed by atoms with Crippen LogP contribution in [0.15, 0.2) is 47.8 Å². The van der Waals surface area contributed by atoms with Crippen molar-refractivity contribution in [2.45, 2.75) is 32.7 Å². The number of hydrogen-bond acceptors (Lipinski definition) is 5. The number of aromatic nitrogens is 1. The molecule has 6 nitrogen and oxygen atoms in total. The van der Waals surface area contributed by atoms with Crippen LogP contribution in [0.4, 0.5) is 5.13 Å². The van der Waals surface area contributed by atoms with Crippen LogP contribution in [0.5, 0.6) is 5.75 Å². The van der Waals surface area contributed by atoms with E-state index in [2.05, 4.69) is 15.6 Å². The van der Waals surface area contributed by atoms with Gasteiger partial charge in [0.25, 0.3) is 0 Å². The van der Waals surface area contributed by atoms with Gasteiger partial charge in [0.15, 0.2) is 5.13 Å². The first kappa shape index (κ1) is 20.1. The number of benzene rings is 2. The molecule has 2 aromatic carbocycles. The van der Waals surface area contributed by atoms with Crippen molar-refractivity contribution in [1.82, 2.24) is 10.3 Å². The molecule has 2 amide bonds. The quantitative estimate of drug-likeness (QED) is 0.627. The smallest absolute Gasteiger partial charge is 0.230 e. The van der Waals surface area contributed by atoms with Gasteiger partial charge in [-0.15, -0.1) is 11.3 Å². The minimum Gasteiger partial charge on any atom is -0.493 e. The van der Waals surface area contributed by atoms with E-state index in [-0.39, 0.29) is 17.9 Å². The third-order valence-electron chi connectivity index (χ3n) is 5.00. The molecule has 0 bridgehead atoms. The largest absolute Gasteiger partial charge is 0.493 e. The van der Waals surface area contributed by atoms with Crippen molar-refractivity contribution in [1.29, 1.82) is 0 Å². The third kappa shape index (κ3) is 4.68. The molecular weight excluding hydrogens is 398 g/mol. The zero-order chi connectivity index (χ0) is 21.1. The summed E-state index contributed by atoms with van der Waals surface area (Å²) in [6.07, 6.45) is 1.20. The Hall–Kier alpha value is -3.19. The first-order valence-electron chi connectivity index (χ1n) is 9.85. The molecule has 4 rings (SSSR count). The third-order valence-corrected chi connectivity index (χ3v) is 5.75. The molecule has 1 aromatic heterocycles. The number of nitrogens with zero attached hydrogens (tertiary/aromatic N) is 1. The summed E-state index contributed by atoms with van der Waals surface area (Å²) in [7, 11) is 0. The Morgan fingerprint density at radius 1 is 1.20 bits per heavy atom. The number of amides is 2. The predicted octanol–water partition coefficient (Wildman–Crippen LogP) is 4.12. The molecule has 0 radical (unpaired) electrons. The molecule has 7 heteroatoms. The Morgan fingerprint density at radius 2 is 2.00 bits per heavy atom. The maximum atomic E-state index is 12.4. The fourth-order valence-electron chi connectivity index (χ4n) is 3.49. The highest BCUT2D eigenvalue weighted by atomic mass is 32.1. The molecule has 2 N–H and O–H groups in total. The van der Waals surface area contributed by atoms with Gasteiger partial charge < -0.3 is 15.4 Å². The van der Waals surface area contributed by atoms with Crippen molar-refractivity contribution in [3.63, 3.8) is 0 Å². The summed E-state index contributed by atoms with van der Waals surface area (Å²) in [5, 5.41) is 8.26. The summed E-state index contributed by atoms with van der Waals surface area (Å²) < 4.78 is 5.51. The van der Waals surface area contributed by atoms with Crippen molar-refractivity contribution in [2.75, 3.05) is 11.9 Å². The molecule has 3 aromatic rings. The molecule has 1 unspecified atom stereocenters. The van der Waals surface area contributed by atoms with Crippen LogP contribution in [0.1, 0.15) is 36.6 Å². The van der Waals surface area contributed by atoms with E-state index in [4.69, 9.17) is 4.74 Å². The van der Waals surface area contributed by atoms with Crippen LogP contribution in [0.3, 0.4) is 0 Å². The van der Waals surface area contributed by atoms with Gasteiger partial charge in [-0.3, -0.25) is 9.59 Å². The van der Waals surface area contributed by atoms with Gasteiger partial charge in [0.05, 0.1) is 24.8 Å². The molecule has 0 saturated heterocycles. The Morgan fingerprint density at radius 3 is 2.77 bits per heavy atom. The Kier molecular flexibility index (Phi) is 5.81. The molecule has 154 valence electrons. The zero-order valence-corrected chi connectivity index (χ0v) is 17.7. The molecular formula is C23H23N3O3S. The lowest BCUT2D eigenvalue weighted by molar-refractivity contribution is -0.119. The average molecular weight is 422 g/mol. The number of thiazole rings is 1. The van der Waals surface area contributed by atoms with Gasteiger partial charge in [-0.25, -0.2) is 4.98 Å². The van der Waals surface area contributed by atoms with Crippen LogP contribution in [0.25, 0.3) is 11.3 Å². The van der Waals surface area contributed by atoms with Crippen LogP contribution in [0, 0.1) is 0 Å². The van der Waals surface area contributed by atoms with E-state index in [1.165, 1.54) is 18.3 Å². The van der Waals surface area contributed by atoms with E-state index >= 15 is 0 Å². The number of nitrogens with one attached hydrogen (secondary N) is 2. The van der Waals surface area contributed by atoms with E-state index in [0.29, 0.717) is 18.2 Å². The zero-order valence-electron chi connectivity index (χ0n) is 16.9. The van der Waals surface area contributed by atoms with Crippen molar-refractivity contribution >= 4 is 28.3 Å². The number of hydrogen-bond donors (Lipinski definition) is 2. The summed E-state index contributed by atoms with van der Waals surface area (Å²) in [5.41, 5.74) is 4.93. The van der Waals surface area contributed by atoms with Gasteiger partial charge in [-0.05, 0) is 29.7 Å². The highest BCUT2D eigenvalue weighted by Gasteiger charge is 2.14. The maximum absolute atomic E-state index is 12.4. The van der Waals surface area contributed by atoms with Crippen LogP contribution < -0.4 is 15.4 Å². The van der Waals surface area contributed by atoms with Gasteiger partial charge in [0.2, 0.25) is 11.8 Å². The molecule has 1 atom stereocenters. The van der Waals surface area contributed by atoms with Gasteiger partial charge in [-0.2, -0.15) is 0 Å². The molecule has 0 aliphatic carbocycles. The van der Waals surface area contributed by atoms with Gasteiger partial charge in [-0.1, -0.05) is 36.4 Å². The van der Waals surface area contributed by atoms with Gasteiger partial charge >= 0.3 is 0 Å². The summed E-state index contributed by atoms with van der Waals surface area (Å²) in [5.74, 6) is 0.773. The highest BCUT2D eigenvalue weighted by molar-refractivity contribution is 7.14. The number of rotatable bonds is 6. The van der Waals surface area contributed by atoms with Gasteiger partial charge in [0, 0.05) is 24.3 Å². The standard InChI is InChI=1S/C23H23N3O3S/c1-14(24-15(2)27)17-4-6-18(7-5-17)20-13-30-23(25-20)26-22(28)12-16-3-8-21-19(11-16)9-10-29-21/h3-8,11,13-14H,9-10,12H2,1-2H3,(H,24,27)(H,25,26,28). The Bertz CT molecular complexity index is 1080. The summed E-state index contributed by atoms with van der Waals surface area (Å²) in [6, 6.07) is 13.8. The first-order valence-corrected chi connectivity index (χ1v) is 10.7. The number of carbonyl (C=O) groups is 2. The number of ether oxygens (including phenoxy) is 1. The first-order chi connectivity index (χ1) is 14.5. The SMILES string of the molecule is CC(=O)NC(C)c1ccc(-c2csc(NC(=O)Cc3ccc4c(c3)CCO4)n2)cc1. The minimum absolute atomic E-state index is 0.0485. The second-order valence-electron chi connectivity index (χ2n) is 7.35. The van der Waals surface area contributed by atoms with E-state index in [9.17, 15) is 9.59 Å². The van der Waals surface area contributed by atoms with E-state index in [0.717, 1.165) is 40.1 Å². The Labute approximate surface area is 179 Å². The highest BCUT2D eigenvalue weighted by Crippen LogP contribution is 2.28. The van der Waals surface area contributed by atoms with Crippen molar-refractivity contribution in [2.24, 2.45) is 0 Å². The number of fused-ring (bicyclic) bond motifs is 1. The topological polar surface area (TPSA) is 80.3 Å². The fraction of sp³-hybridized carbons (Fsp3) is 0.261. The molecule has 1 aliphatic heterocycles. The minimum atomic E-state index is -0.0887. The van der Waals surface area contributed by atoms with Crippen LogP contribution in [0.2, 0.25) is 0 Å². The van der Waals surface area contributed by atoms with Gasteiger partial charge in [0.1, 0.15) is 5.75 Å². The fourth-order valence-corrected chi connectivity index (χ4v) is 4.23. The molecule has 2 heterocycles. The molecule has 1 aliphatic rings. The lowest BCUT2D eigenvalue weighted by atomic mass is 10.1. The summed E-state index contributed by atoms with van der Waals surface area (Å²) >= 11 is 1.40. The van der Waals surface area contributed by atoms with E-state index in [1.807, 2.05) is 54.8 Å². The van der Waals surface area contributed by atoms with E-state index < -0.39 is 0 Å². The monoisotopic (exact) mass is 421 g/mol.